The summed E-state index contributed by atoms with van der Waals surface area (Å²) in [6.45, 7) is 10.4. The lowest BCUT2D eigenvalue weighted by atomic mass is 10.1. The third kappa shape index (κ3) is 4.50. The first-order valence-electron chi connectivity index (χ1n) is 9.46. The molecule has 134 valence electrons. The number of hydrogen-bond donors (Lipinski definition) is 0. The minimum absolute atomic E-state index is 0.613. The molecule has 0 aliphatic carbocycles. The number of likely N-dealkylation sites (tertiary alicyclic amines) is 1. The van der Waals surface area contributed by atoms with E-state index in [0.717, 1.165) is 25.4 Å². The molecule has 2 aliphatic heterocycles. The lowest BCUT2D eigenvalue weighted by molar-refractivity contribution is 0.194. The standard InChI is InChI=1S/C20H33N3O/c1-17-14-21(2)9-6-12-23(17)15-18-7-8-20(24-3)19(13-18)16-22-10-4-5-11-22/h7-8,13,17H,4-6,9-12,14-16H2,1-3H3. The van der Waals surface area contributed by atoms with E-state index in [0.29, 0.717) is 6.04 Å². The van der Waals surface area contributed by atoms with E-state index in [1.54, 1.807) is 7.11 Å². The van der Waals surface area contributed by atoms with Crippen molar-refractivity contribution in [2.45, 2.75) is 45.3 Å². The molecule has 2 heterocycles. The van der Waals surface area contributed by atoms with Gasteiger partial charge in [0.1, 0.15) is 5.75 Å². The van der Waals surface area contributed by atoms with Crippen LogP contribution in [0.3, 0.4) is 0 Å². The highest BCUT2D eigenvalue weighted by molar-refractivity contribution is 5.37. The van der Waals surface area contributed by atoms with Crippen molar-refractivity contribution >= 4 is 0 Å². The summed E-state index contributed by atoms with van der Waals surface area (Å²) in [6.07, 6.45) is 3.93. The smallest absolute Gasteiger partial charge is 0.123 e. The van der Waals surface area contributed by atoms with Crippen LogP contribution in [0.5, 0.6) is 5.75 Å². The fourth-order valence-electron chi connectivity index (χ4n) is 4.13. The molecule has 1 aromatic carbocycles. The molecule has 4 heteroatoms. The van der Waals surface area contributed by atoms with Crippen molar-refractivity contribution in [2.24, 2.45) is 0 Å². The van der Waals surface area contributed by atoms with Gasteiger partial charge in [0.15, 0.2) is 0 Å². The van der Waals surface area contributed by atoms with Crippen molar-refractivity contribution in [1.82, 2.24) is 14.7 Å². The molecule has 1 unspecified atom stereocenters. The van der Waals surface area contributed by atoms with Crippen molar-refractivity contribution in [3.8, 4) is 5.75 Å². The van der Waals surface area contributed by atoms with E-state index in [1.807, 2.05) is 0 Å². The van der Waals surface area contributed by atoms with Gasteiger partial charge in [-0.25, -0.2) is 0 Å². The molecule has 24 heavy (non-hydrogen) atoms. The Labute approximate surface area is 147 Å². The highest BCUT2D eigenvalue weighted by atomic mass is 16.5. The Morgan fingerprint density at radius 1 is 1.04 bits per heavy atom. The van der Waals surface area contributed by atoms with Gasteiger partial charge in [-0.1, -0.05) is 6.07 Å². The van der Waals surface area contributed by atoms with Gasteiger partial charge in [-0.2, -0.15) is 0 Å². The minimum atomic E-state index is 0.613. The minimum Gasteiger partial charge on any atom is -0.496 e. The van der Waals surface area contributed by atoms with Crippen LogP contribution in [-0.4, -0.2) is 67.6 Å². The summed E-state index contributed by atoms with van der Waals surface area (Å²) >= 11 is 0. The molecule has 1 aromatic rings. The van der Waals surface area contributed by atoms with E-state index in [-0.39, 0.29) is 0 Å². The maximum Gasteiger partial charge on any atom is 0.123 e. The number of ether oxygens (including phenoxy) is 1. The average molecular weight is 332 g/mol. The van der Waals surface area contributed by atoms with E-state index >= 15 is 0 Å². The first kappa shape index (κ1) is 17.7. The molecule has 0 saturated carbocycles. The number of likely N-dealkylation sites (N-methyl/N-ethyl adjacent to an activating group) is 1. The van der Waals surface area contributed by atoms with Crippen LogP contribution < -0.4 is 4.74 Å². The molecule has 0 N–H and O–H groups in total. The summed E-state index contributed by atoms with van der Waals surface area (Å²) in [4.78, 5) is 7.63. The fourth-order valence-corrected chi connectivity index (χ4v) is 4.13. The highest BCUT2D eigenvalue weighted by Crippen LogP contribution is 2.25. The summed E-state index contributed by atoms with van der Waals surface area (Å²) < 4.78 is 5.61. The molecule has 0 aromatic heterocycles. The number of rotatable bonds is 5. The number of hydrogen-bond acceptors (Lipinski definition) is 4. The van der Waals surface area contributed by atoms with Crippen molar-refractivity contribution in [3.63, 3.8) is 0 Å². The Morgan fingerprint density at radius 2 is 1.83 bits per heavy atom. The second-order valence-corrected chi connectivity index (χ2v) is 7.56. The third-order valence-corrected chi connectivity index (χ3v) is 5.51. The first-order valence-corrected chi connectivity index (χ1v) is 9.46. The van der Waals surface area contributed by atoms with Crippen molar-refractivity contribution in [1.29, 1.82) is 0 Å². The molecule has 2 saturated heterocycles. The van der Waals surface area contributed by atoms with E-state index in [1.165, 1.54) is 56.6 Å². The summed E-state index contributed by atoms with van der Waals surface area (Å²) in [5.74, 6) is 1.04. The number of methoxy groups -OCH3 is 1. The highest BCUT2D eigenvalue weighted by Gasteiger charge is 2.20. The second kappa shape index (κ2) is 8.32. The van der Waals surface area contributed by atoms with Crippen LogP contribution >= 0.6 is 0 Å². The van der Waals surface area contributed by atoms with Gasteiger partial charge in [0.05, 0.1) is 7.11 Å². The summed E-state index contributed by atoms with van der Waals surface area (Å²) in [5, 5.41) is 0. The van der Waals surface area contributed by atoms with Crippen molar-refractivity contribution in [3.05, 3.63) is 29.3 Å². The van der Waals surface area contributed by atoms with Gasteiger partial charge in [0, 0.05) is 37.8 Å². The lowest BCUT2D eigenvalue weighted by Crippen LogP contribution is -2.37. The van der Waals surface area contributed by atoms with Gasteiger partial charge in [0.2, 0.25) is 0 Å². The maximum absolute atomic E-state index is 5.61. The van der Waals surface area contributed by atoms with Crippen LogP contribution in [-0.2, 0) is 13.1 Å². The molecule has 0 spiro atoms. The van der Waals surface area contributed by atoms with Crippen LogP contribution in [0.2, 0.25) is 0 Å². The van der Waals surface area contributed by atoms with Gasteiger partial charge in [-0.15, -0.1) is 0 Å². The Kier molecular flexibility index (Phi) is 6.14. The normalized spacial score (nSPS) is 24.2. The molecule has 3 rings (SSSR count). The van der Waals surface area contributed by atoms with E-state index in [4.69, 9.17) is 4.74 Å². The lowest BCUT2D eigenvalue weighted by Gasteiger charge is -2.28. The van der Waals surface area contributed by atoms with E-state index in [9.17, 15) is 0 Å². The SMILES string of the molecule is COc1ccc(CN2CCCN(C)CC2C)cc1CN1CCCC1. The van der Waals surface area contributed by atoms with Crippen LogP contribution in [0.4, 0.5) is 0 Å². The molecular formula is C20H33N3O. The summed E-state index contributed by atoms with van der Waals surface area (Å²) in [6, 6.07) is 7.39. The Hall–Kier alpha value is -1.10. The quantitative estimate of drug-likeness (QED) is 0.826. The van der Waals surface area contributed by atoms with Gasteiger partial charge in [-0.3, -0.25) is 9.80 Å². The molecule has 4 nitrogen and oxygen atoms in total. The monoisotopic (exact) mass is 331 g/mol. The third-order valence-electron chi connectivity index (χ3n) is 5.51. The van der Waals surface area contributed by atoms with E-state index in [2.05, 4.69) is 46.9 Å². The Bertz CT molecular complexity index is 528. The zero-order valence-electron chi connectivity index (χ0n) is 15.6. The van der Waals surface area contributed by atoms with Gasteiger partial charge in [0.25, 0.3) is 0 Å². The van der Waals surface area contributed by atoms with Crippen LogP contribution in [0.15, 0.2) is 18.2 Å². The van der Waals surface area contributed by atoms with Gasteiger partial charge >= 0.3 is 0 Å². The van der Waals surface area contributed by atoms with Crippen LogP contribution in [0.25, 0.3) is 0 Å². The van der Waals surface area contributed by atoms with E-state index < -0.39 is 0 Å². The molecule has 0 amide bonds. The predicted molar refractivity (Wildman–Crippen MR) is 99.5 cm³/mol. The molecule has 0 radical (unpaired) electrons. The van der Waals surface area contributed by atoms with Crippen LogP contribution in [0, 0.1) is 0 Å². The number of nitrogens with zero attached hydrogens (tertiary/aromatic N) is 3. The second-order valence-electron chi connectivity index (χ2n) is 7.56. The molecule has 0 bridgehead atoms. The van der Waals surface area contributed by atoms with Crippen LogP contribution in [0.1, 0.15) is 37.3 Å². The predicted octanol–water partition coefficient (Wildman–Crippen LogP) is 2.82. The summed E-state index contributed by atoms with van der Waals surface area (Å²) in [7, 11) is 4.02. The number of benzene rings is 1. The van der Waals surface area contributed by atoms with Gasteiger partial charge < -0.3 is 9.64 Å². The zero-order valence-corrected chi connectivity index (χ0v) is 15.6. The maximum atomic E-state index is 5.61. The first-order chi connectivity index (χ1) is 11.7. The zero-order chi connectivity index (χ0) is 16.9. The fraction of sp³-hybridized carbons (Fsp3) is 0.700. The Balaban J connectivity index is 1.70. The molecule has 2 aliphatic rings. The van der Waals surface area contributed by atoms with Crippen molar-refractivity contribution < 1.29 is 4.74 Å². The van der Waals surface area contributed by atoms with Crippen molar-refractivity contribution in [2.75, 3.05) is 46.9 Å². The average Bonchev–Trinajstić information content (AvgIpc) is 3.01. The molecule has 1 atom stereocenters. The van der Waals surface area contributed by atoms with Gasteiger partial charge in [-0.05, 0) is 70.6 Å². The summed E-state index contributed by atoms with van der Waals surface area (Å²) in [5.41, 5.74) is 2.76. The Morgan fingerprint density at radius 3 is 2.58 bits per heavy atom. The molecular weight excluding hydrogens is 298 g/mol. The molecule has 2 fully saturated rings. The largest absolute Gasteiger partial charge is 0.496 e. The topological polar surface area (TPSA) is 19.0 Å².